The van der Waals surface area contributed by atoms with E-state index in [1.54, 1.807) is 12.0 Å². The van der Waals surface area contributed by atoms with Crippen LogP contribution in [-0.4, -0.2) is 47.0 Å². The van der Waals surface area contributed by atoms with Crippen LogP contribution in [0.1, 0.15) is 62.0 Å². The van der Waals surface area contributed by atoms with Crippen molar-refractivity contribution in [3.63, 3.8) is 0 Å². The number of fused-ring (bicyclic) bond motifs is 3. The van der Waals surface area contributed by atoms with E-state index in [-0.39, 0.29) is 24.1 Å². The number of methoxy groups -OCH3 is 2. The normalized spacial score (nSPS) is 21.8. The van der Waals surface area contributed by atoms with E-state index in [9.17, 15) is 14.7 Å². The first-order valence-electron chi connectivity index (χ1n) is 12.7. The highest BCUT2D eigenvalue weighted by molar-refractivity contribution is 5.95. The van der Waals surface area contributed by atoms with Crippen LogP contribution in [0.25, 0.3) is 11.0 Å². The molecule has 0 radical (unpaired) electrons. The number of rotatable bonds is 5. The molecule has 1 aromatic heterocycles. The third kappa shape index (κ3) is 4.29. The molecule has 2 aliphatic rings. The molecule has 1 N–H and O–H groups in total. The number of carbonyl (C=O) groups is 2. The van der Waals surface area contributed by atoms with Gasteiger partial charge in [0.2, 0.25) is 0 Å². The van der Waals surface area contributed by atoms with Crippen LogP contribution < -0.4 is 9.64 Å². The largest absolute Gasteiger partial charge is 0.497 e. The van der Waals surface area contributed by atoms with E-state index in [1.165, 1.54) is 7.11 Å². The zero-order valence-electron chi connectivity index (χ0n) is 21.1. The lowest BCUT2D eigenvalue weighted by Crippen LogP contribution is -2.42. The van der Waals surface area contributed by atoms with Crippen molar-refractivity contribution >= 4 is 28.8 Å². The van der Waals surface area contributed by atoms with Gasteiger partial charge in [0.15, 0.2) is 0 Å². The molecule has 0 spiro atoms. The third-order valence-corrected chi connectivity index (χ3v) is 7.83. The van der Waals surface area contributed by atoms with Crippen molar-refractivity contribution < 1.29 is 24.2 Å². The number of amides is 1. The van der Waals surface area contributed by atoms with Crippen LogP contribution in [0.15, 0.2) is 36.4 Å². The predicted octanol–water partition coefficient (Wildman–Crippen LogP) is 5.36. The number of nitrogens with zero attached hydrogens (tertiary/aromatic N) is 3. The highest BCUT2D eigenvalue weighted by atomic mass is 16.5. The van der Waals surface area contributed by atoms with Crippen LogP contribution in [0.5, 0.6) is 5.75 Å². The summed E-state index contributed by atoms with van der Waals surface area (Å²) in [4.78, 5) is 31.0. The monoisotopic (exact) mass is 491 g/mol. The fourth-order valence-corrected chi connectivity index (χ4v) is 5.86. The van der Waals surface area contributed by atoms with Crippen molar-refractivity contribution in [3.05, 3.63) is 53.3 Å². The van der Waals surface area contributed by atoms with Crippen molar-refractivity contribution in [3.8, 4) is 5.75 Å². The second-order valence-corrected chi connectivity index (χ2v) is 9.93. The zero-order valence-corrected chi connectivity index (χ0v) is 21.1. The molecule has 0 bridgehead atoms. The molecule has 0 unspecified atom stereocenters. The van der Waals surface area contributed by atoms with Gasteiger partial charge in [-0.1, -0.05) is 12.1 Å². The molecule has 1 saturated carbocycles. The van der Waals surface area contributed by atoms with Gasteiger partial charge in [-0.05, 0) is 75.3 Å². The van der Waals surface area contributed by atoms with Crippen molar-refractivity contribution in [1.82, 2.24) is 9.55 Å². The number of benzene rings is 2. The van der Waals surface area contributed by atoms with Crippen molar-refractivity contribution in [2.24, 2.45) is 5.92 Å². The van der Waals surface area contributed by atoms with Gasteiger partial charge in [-0.2, -0.15) is 0 Å². The molecule has 1 atom stereocenters. The Hall–Kier alpha value is -3.55. The maximum atomic E-state index is 12.6. The summed E-state index contributed by atoms with van der Waals surface area (Å²) in [6.07, 6.45) is 4.93. The summed E-state index contributed by atoms with van der Waals surface area (Å²) in [7, 11) is 3.07. The van der Waals surface area contributed by atoms with Crippen LogP contribution in [-0.2, 0) is 22.4 Å². The smallest absolute Gasteiger partial charge is 0.414 e. The lowest BCUT2D eigenvalue weighted by molar-refractivity contribution is -0.143. The average molecular weight is 492 g/mol. The molecule has 3 aromatic rings. The Bertz CT molecular complexity index is 1270. The van der Waals surface area contributed by atoms with E-state index in [0.29, 0.717) is 19.3 Å². The predicted molar refractivity (Wildman–Crippen MR) is 137 cm³/mol. The number of aryl methyl sites for hydroxylation is 1. The fourth-order valence-electron chi connectivity index (χ4n) is 5.86. The standard InChI is InChI=1S/C28H33N3O5/c1-17-4-13-22-23(30(17)28(34)36-3)14-15-24-26(22)29-25(16-18-5-11-21(35-2)12-6-18)31(24)20-9-7-19(8-10-20)27(32)33/h5-6,11-12,14-15,17,19-20H,4,7-10,13,16H2,1-3H3,(H,32,33)/t17-,19?,20?/m0/s1. The molecule has 1 aliphatic heterocycles. The number of carbonyl (C=O) groups excluding carboxylic acids is 1. The fraction of sp³-hybridized carbons (Fsp3) is 0.464. The molecule has 5 rings (SSSR count). The number of hydrogen-bond donors (Lipinski definition) is 1. The van der Waals surface area contributed by atoms with E-state index < -0.39 is 5.97 Å². The van der Waals surface area contributed by atoms with Crippen molar-refractivity contribution in [1.29, 1.82) is 0 Å². The lowest BCUT2D eigenvalue weighted by atomic mass is 9.85. The number of aromatic nitrogens is 2. The minimum Gasteiger partial charge on any atom is -0.497 e. The average Bonchev–Trinajstić information content (AvgIpc) is 3.26. The Morgan fingerprint density at radius 3 is 2.39 bits per heavy atom. The van der Waals surface area contributed by atoms with Crippen LogP contribution in [0.4, 0.5) is 10.5 Å². The zero-order chi connectivity index (χ0) is 25.4. The topological polar surface area (TPSA) is 93.9 Å². The molecular formula is C28H33N3O5. The highest BCUT2D eigenvalue weighted by Crippen LogP contribution is 2.40. The lowest BCUT2D eigenvalue weighted by Gasteiger charge is -2.34. The van der Waals surface area contributed by atoms with E-state index >= 15 is 0 Å². The van der Waals surface area contributed by atoms with E-state index in [4.69, 9.17) is 14.5 Å². The first kappa shape index (κ1) is 24.2. The van der Waals surface area contributed by atoms with Gasteiger partial charge in [-0.3, -0.25) is 9.69 Å². The van der Waals surface area contributed by atoms with Crippen LogP contribution in [0.2, 0.25) is 0 Å². The number of hydrogen-bond acceptors (Lipinski definition) is 5. The summed E-state index contributed by atoms with van der Waals surface area (Å²) in [6, 6.07) is 12.3. The number of ether oxygens (including phenoxy) is 2. The molecule has 190 valence electrons. The molecule has 2 aromatic carbocycles. The Balaban J connectivity index is 1.60. The van der Waals surface area contributed by atoms with Crippen molar-refractivity contribution in [2.45, 2.75) is 64.0 Å². The summed E-state index contributed by atoms with van der Waals surface area (Å²) < 4.78 is 12.7. The van der Waals surface area contributed by atoms with Gasteiger partial charge in [-0.15, -0.1) is 0 Å². The van der Waals surface area contributed by atoms with E-state index in [0.717, 1.165) is 65.1 Å². The maximum absolute atomic E-state index is 12.6. The molecule has 2 heterocycles. The SMILES string of the molecule is COC(=O)N1c2ccc3c(nc(Cc4ccc(OC)cc4)n3C3CCC(C(=O)O)CC3)c2CC[C@@H]1C. The summed E-state index contributed by atoms with van der Waals surface area (Å²) in [5.74, 6) is 0.799. The Labute approximate surface area is 210 Å². The minimum atomic E-state index is -0.700. The minimum absolute atomic E-state index is 0.0505. The van der Waals surface area contributed by atoms with Crippen LogP contribution in [0, 0.1) is 5.92 Å². The van der Waals surface area contributed by atoms with Gasteiger partial charge in [0.25, 0.3) is 0 Å². The Kier molecular flexibility index (Phi) is 6.60. The molecule has 0 saturated heterocycles. The number of anilines is 1. The number of imidazole rings is 1. The van der Waals surface area contributed by atoms with Gasteiger partial charge < -0.3 is 19.1 Å². The molecular weight excluding hydrogens is 458 g/mol. The van der Waals surface area contributed by atoms with Gasteiger partial charge in [0.05, 0.1) is 36.9 Å². The number of carboxylic acids is 1. The number of carboxylic acid groups (broad SMARTS) is 1. The van der Waals surface area contributed by atoms with Crippen molar-refractivity contribution in [2.75, 3.05) is 19.1 Å². The summed E-state index contributed by atoms with van der Waals surface area (Å²) in [5.41, 5.74) is 5.05. The molecule has 8 heteroatoms. The van der Waals surface area contributed by atoms with E-state index in [1.807, 2.05) is 25.1 Å². The molecule has 8 nitrogen and oxygen atoms in total. The van der Waals surface area contributed by atoms with Gasteiger partial charge in [0, 0.05) is 24.1 Å². The molecule has 1 amide bonds. The second-order valence-electron chi connectivity index (χ2n) is 9.93. The molecule has 1 aliphatic carbocycles. The third-order valence-electron chi connectivity index (χ3n) is 7.83. The Morgan fingerprint density at radius 2 is 1.75 bits per heavy atom. The van der Waals surface area contributed by atoms with E-state index in [2.05, 4.69) is 22.8 Å². The maximum Gasteiger partial charge on any atom is 0.414 e. The highest BCUT2D eigenvalue weighted by Gasteiger charge is 2.33. The molecule has 1 fully saturated rings. The van der Waals surface area contributed by atoms with Gasteiger partial charge in [-0.25, -0.2) is 9.78 Å². The Morgan fingerprint density at radius 1 is 1.03 bits per heavy atom. The first-order chi connectivity index (χ1) is 17.4. The quantitative estimate of drug-likeness (QED) is 0.516. The molecule has 36 heavy (non-hydrogen) atoms. The first-order valence-corrected chi connectivity index (χ1v) is 12.7. The summed E-state index contributed by atoms with van der Waals surface area (Å²) >= 11 is 0. The second kappa shape index (κ2) is 9.84. The van der Waals surface area contributed by atoms with Gasteiger partial charge in [0.1, 0.15) is 11.6 Å². The van der Waals surface area contributed by atoms with Gasteiger partial charge >= 0.3 is 12.1 Å². The summed E-state index contributed by atoms with van der Waals surface area (Å²) in [6.45, 7) is 2.04. The van der Waals surface area contributed by atoms with Crippen LogP contribution in [0.3, 0.4) is 0 Å². The summed E-state index contributed by atoms with van der Waals surface area (Å²) in [5, 5.41) is 9.49. The number of aliphatic carboxylic acids is 1. The van der Waals surface area contributed by atoms with Crippen LogP contribution >= 0.6 is 0 Å².